The van der Waals surface area contributed by atoms with E-state index in [0.29, 0.717) is 48.1 Å². The molecule has 3 N–H and O–H groups in total. The fraction of sp³-hybridized carbons (Fsp3) is 0.276. The number of ether oxygens (including phenoxy) is 2. The van der Waals surface area contributed by atoms with Gasteiger partial charge in [-0.25, -0.2) is 9.59 Å². The third kappa shape index (κ3) is 9.78. The maximum atomic E-state index is 13.3. The Kier molecular flexibility index (Phi) is 11.9. The van der Waals surface area contributed by atoms with Crippen LogP contribution in [-0.2, 0) is 16.1 Å². The van der Waals surface area contributed by atoms with Crippen molar-refractivity contribution in [2.75, 3.05) is 58.1 Å². The summed E-state index contributed by atoms with van der Waals surface area (Å²) in [6, 6.07) is 18.1. The zero-order valence-electron chi connectivity index (χ0n) is 23.1. The third-order valence-corrected chi connectivity index (χ3v) is 6.76. The van der Waals surface area contributed by atoms with Gasteiger partial charge in [-0.05, 0) is 70.0 Å². The highest BCUT2D eigenvalue weighted by atomic mass is 79.9. The van der Waals surface area contributed by atoms with Gasteiger partial charge < -0.3 is 35.0 Å². The molecule has 3 aromatic carbocycles. The van der Waals surface area contributed by atoms with Gasteiger partial charge in [0.05, 0.1) is 44.1 Å². The zero-order chi connectivity index (χ0) is 29.8. The number of hydroxylamine groups is 2. The monoisotopic (exact) mass is 628 g/mol. The minimum atomic E-state index is -1.01. The predicted molar refractivity (Wildman–Crippen MR) is 159 cm³/mol. The Morgan fingerprint density at radius 1 is 0.902 bits per heavy atom. The Morgan fingerprint density at radius 2 is 1.61 bits per heavy atom. The summed E-state index contributed by atoms with van der Waals surface area (Å²) in [4.78, 5) is 43.7. The number of rotatable bonds is 14. The normalized spacial score (nSPS) is 10.7. The van der Waals surface area contributed by atoms with E-state index in [-0.39, 0.29) is 24.5 Å². The highest BCUT2D eigenvalue weighted by Crippen LogP contribution is 2.27. The van der Waals surface area contributed by atoms with E-state index < -0.39 is 12.0 Å². The standard InChI is InChI=1S/C29H33BrN4O7/c1-33(40-3)14-15-34(16-17-41-22-11-9-21(10-12-22)28(36)37)27(35)19-20-8-13-25(26(18-20)39-2)32-29(38)31-24-7-5-4-6-23(24)30/h4-13,18H,14-17,19H2,1-3H3,(H,36,37)(H2,31,32,38). The van der Waals surface area contributed by atoms with Gasteiger partial charge in [-0.3, -0.25) is 4.79 Å². The van der Waals surface area contributed by atoms with Crippen molar-refractivity contribution in [1.82, 2.24) is 9.96 Å². The van der Waals surface area contributed by atoms with Crippen molar-refractivity contribution in [3.05, 3.63) is 82.3 Å². The molecular formula is C29H33BrN4O7. The van der Waals surface area contributed by atoms with Crippen LogP contribution in [0.1, 0.15) is 15.9 Å². The van der Waals surface area contributed by atoms with E-state index >= 15 is 0 Å². The number of aromatic carboxylic acids is 1. The molecule has 3 amide bonds. The lowest BCUT2D eigenvalue weighted by atomic mass is 10.1. The third-order valence-electron chi connectivity index (χ3n) is 6.07. The van der Waals surface area contributed by atoms with Crippen LogP contribution in [0, 0.1) is 0 Å². The van der Waals surface area contributed by atoms with Gasteiger partial charge in [-0.15, -0.1) is 0 Å². The largest absolute Gasteiger partial charge is 0.495 e. The summed E-state index contributed by atoms with van der Waals surface area (Å²) in [5.74, 6) is -0.224. The van der Waals surface area contributed by atoms with Gasteiger partial charge in [0.2, 0.25) is 5.91 Å². The number of nitrogens with zero attached hydrogens (tertiary/aromatic N) is 2. The molecule has 0 saturated carbocycles. The van der Waals surface area contributed by atoms with Crippen molar-refractivity contribution < 1.29 is 33.8 Å². The number of halogens is 1. The average molecular weight is 630 g/mol. The number of para-hydroxylation sites is 1. The number of carboxylic acid groups (broad SMARTS) is 1. The number of carboxylic acids is 1. The Balaban J connectivity index is 1.63. The molecule has 218 valence electrons. The van der Waals surface area contributed by atoms with E-state index in [4.69, 9.17) is 19.4 Å². The smallest absolute Gasteiger partial charge is 0.335 e. The van der Waals surface area contributed by atoms with Gasteiger partial charge in [0.1, 0.15) is 18.1 Å². The fourth-order valence-electron chi connectivity index (χ4n) is 3.76. The number of methoxy groups -OCH3 is 1. The van der Waals surface area contributed by atoms with Crippen LogP contribution in [0.5, 0.6) is 11.5 Å². The predicted octanol–water partition coefficient (Wildman–Crippen LogP) is 4.74. The first kappa shape index (κ1) is 31.4. The van der Waals surface area contributed by atoms with Gasteiger partial charge in [0.15, 0.2) is 0 Å². The molecule has 3 rings (SSSR count). The summed E-state index contributed by atoms with van der Waals surface area (Å²) in [7, 11) is 4.81. The molecule has 41 heavy (non-hydrogen) atoms. The van der Waals surface area contributed by atoms with Crippen LogP contribution in [0.3, 0.4) is 0 Å². The Morgan fingerprint density at radius 3 is 2.27 bits per heavy atom. The van der Waals surface area contributed by atoms with Crippen molar-refractivity contribution in [3.63, 3.8) is 0 Å². The molecule has 11 nitrogen and oxygen atoms in total. The summed E-state index contributed by atoms with van der Waals surface area (Å²) >= 11 is 3.40. The van der Waals surface area contributed by atoms with Crippen LogP contribution in [0.4, 0.5) is 16.2 Å². The molecule has 0 unspecified atom stereocenters. The number of hydrogen-bond donors (Lipinski definition) is 3. The van der Waals surface area contributed by atoms with Crippen LogP contribution in [0.2, 0.25) is 0 Å². The Hall–Kier alpha value is -4.13. The maximum Gasteiger partial charge on any atom is 0.335 e. The summed E-state index contributed by atoms with van der Waals surface area (Å²) in [6.07, 6.45) is 0.101. The molecular weight excluding hydrogens is 596 g/mol. The SMILES string of the molecule is COc1cc(CC(=O)N(CCOc2ccc(C(=O)O)cc2)CCN(C)OC)ccc1NC(=O)Nc1ccccc1Br. The molecule has 0 atom stereocenters. The number of likely N-dealkylation sites (N-methyl/N-ethyl adjacent to an activating group) is 1. The number of urea groups is 1. The summed E-state index contributed by atoms with van der Waals surface area (Å²) in [6.45, 7) is 1.40. The topological polar surface area (TPSA) is 130 Å². The lowest BCUT2D eigenvalue weighted by Crippen LogP contribution is -2.40. The molecule has 0 heterocycles. The Labute approximate surface area is 247 Å². The van der Waals surface area contributed by atoms with Gasteiger partial charge in [-0.2, -0.15) is 5.06 Å². The van der Waals surface area contributed by atoms with Gasteiger partial charge in [-0.1, -0.05) is 18.2 Å². The number of benzene rings is 3. The molecule has 0 bridgehead atoms. The first-order valence-corrected chi connectivity index (χ1v) is 13.5. The van der Waals surface area contributed by atoms with Crippen LogP contribution in [-0.4, -0.2) is 80.5 Å². The van der Waals surface area contributed by atoms with E-state index in [0.717, 1.165) is 4.47 Å². The lowest BCUT2D eigenvalue weighted by molar-refractivity contribution is -0.136. The van der Waals surface area contributed by atoms with Gasteiger partial charge >= 0.3 is 12.0 Å². The average Bonchev–Trinajstić information content (AvgIpc) is 2.96. The summed E-state index contributed by atoms with van der Waals surface area (Å²) in [5.41, 5.74) is 1.94. The second-order valence-corrected chi connectivity index (χ2v) is 9.72. The zero-order valence-corrected chi connectivity index (χ0v) is 24.6. The molecule has 0 radical (unpaired) electrons. The van der Waals surface area contributed by atoms with Gasteiger partial charge in [0.25, 0.3) is 0 Å². The number of carbonyl (C=O) groups is 3. The van der Waals surface area contributed by atoms with E-state index in [1.54, 1.807) is 60.5 Å². The molecule has 0 aliphatic rings. The number of amides is 3. The number of nitrogens with one attached hydrogen (secondary N) is 2. The molecule has 3 aromatic rings. The first-order chi connectivity index (χ1) is 19.7. The first-order valence-electron chi connectivity index (χ1n) is 12.7. The quantitative estimate of drug-likeness (QED) is 0.218. The molecule has 0 aliphatic carbocycles. The second kappa shape index (κ2) is 15.6. The molecule has 0 spiro atoms. The fourth-order valence-corrected chi connectivity index (χ4v) is 4.14. The molecule has 0 aliphatic heterocycles. The minimum absolute atomic E-state index is 0.101. The number of carbonyl (C=O) groups excluding carboxylic acids is 2. The molecule has 0 aromatic heterocycles. The van der Waals surface area contributed by atoms with Gasteiger partial charge in [0, 0.05) is 24.6 Å². The maximum absolute atomic E-state index is 13.3. The molecule has 12 heteroatoms. The van der Waals surface area contributed by atoms with Crippen molar-refractivity contribution in [1.29, 1.82) is 0 Å². The summed E-state index contributed by atoms with van der Waals surface area (Å²) < 4.78 is 12.0. The summed E-state index contributed by atoms with van der Waals surface area (Å²) in [5, 5.41) is 16.2. The minimum Gasteiger partial charge on any atom is -0.495 e. The number of anilines is 2. The molecule has 0 fully saturated rings. The van der Waals surface area contributed by atoms with Crippen molar-refractivity contribution in [2.24, 2.45) is 0 Å². The van der Waals surface area contributed by atoms with Crippen molar-refractivity contribution in [2.45, 2.75) is 6.42 Å². The van der Waals surface area contributed by atoms with Crippen molar-refractivity contribution in [3.8, 4) is 11.5 Å². The Bertz CT molecular complexity index is 1340. The molecule has 0 saturated heterocycles. The second-order valence-electron chi connectivity index (χ2n) is 8.86. The highest BCUT2D eigenvalue weighted by molar-refractivity contribution is 9.10. The highest BCUT2D eigenvalue weighted by Gasteiger charge is 2.17. The van der Waals surface area contributed by atoms with E-state index in [1.165, 1.54) is 19.2 Å². The van der Waals surface area contributed by atoms with E-state index in [1.807, 2.05) is 18.2 Å². The van der Waals surface area contributed by atoms with E-state index in [9.17, 15) is 14.4 Å². The van der Waals surface area contributed by atoms with Crippen LogP contribution in [0.25, 0.3) is 0 Å². The number of hydrogen-bond acceptors (Lipinski definition) is 7. The van der Waals surface area contributed by atoms with Crippen LogP contribution >= 0.6 is 15.9 Å². The lowest BCUT2D eigenvalue weighted by Gasteiger charge is -2.25. The van der Waals surface area contributed by atoms with Crippen molar-refractivity contribution >= 4 is 45.2 Å². The van der Waals surface area contributed by atoms with Crippen LogP contribution < -0.4 is 20.1 Å². The van der Waals surface area contributed by atoms with E-state index in [2.05, 4.69) is 26.6 Å². The van der Waals surface area contributed by atoms with Crippen LogP contribution in [0.15, 0.2) is 71.2 Å².